The van der Waals surface area contributed by atoms with Gasteiger partial charge in [-0.25, -0.2) is 9.48 Å². The Hall–Kier alpha value is -1.37. The topological polar surface area (TPSA) is 55.1 Å². The van der Waals surface area contributed by atoms with Crippen molar-refractivity contribution < 1.29 is 9.90 Å². The van der Waals surface area contributed by atoms with E-state index in [1.54, 1.807) is 10.9 Å². The van der Waals surface area contributed by atoms with Crippen LogP contribution in [0.4, 0.5) is 0 Å². The molecule has 0 amide bonds. The molecule has 0 aliphatic heterocycles. The van der Waals surface area contributed by atoms with Crippen molar-refractivity contribution in [3.8, 4) is 5.69 Å². The first-order valence-electron chi connectivity index (χ1n) is 4.63. The fourth-order valence-corrected chi connectivity index (χ4v) is 1.88. The van der Waals surface area contributed by atoms with Crippen molar-refractivity contribution in [1.29, 1.82) is 0 Å². The Morgan fingerprint density at radius 2 is 2.19 bits per heavy atom. The number of aromatic carboxylic acids is 1. The van der Waals surface area contributed by atoms with E-state index in [1.807, 2.05) is 25.1 Å². The highest BCUT2D eigenvalue weighted by Crippen LogP contribution is 2.17. The molecule has 2 aromatic rings. The van der Waals surface area contributed by atoms with Crippen molar-refractivity contribution in [2.45, 2.75) is 6.92 Å². The zero-order valence-corrected chi connectivity index (χ0v) is 10.7. The van der Waals surface area contributed by atoms with Crippen LogP contribution in [0.15, 0.2) is 30.5 Å². The number of aromatic nitrogens is 2. The second-order valence-corrected chi connectivity index (χ2v) is 4.63. The van der Waals surface area contributed by atoms with Crippen LogP contribution in [-0.4, -0.2) is 20.9 Å². The Morgan fingerprint density at radius 1 is 1.44 bits per heavy atom. The number of carboxylic acid groups (broad SMARTS) is 1. The molecule has 0 saturated carbocycles. The predicted molar refractivity (Wildman–Crippen MR) is 68.0 cm³/mol. The largest absolute Gasteiger partial charge is 0.476 e. The average molecular weight is 328 g/mol. The summed E-state index contributed by atoms with van der Waals surface area (Å²) in [7, 11) is 0. The summed E-state index contributed by atoms with van der Waals surface area (Å²) in [5, 5.41) is 12.8. The predicted octanol–water partition coefficient (Wildman–Crippen LogP) is 2.48. The lowest BCUT2D eigenvalue weighted by Crippen LogP contribution is -2.02. The van der Waals surface area contributed by atoms with Crippen molar-refractivity contribution in [3.05, 3.63) is 45.3 Å². The molecule has 0 radical (unpaired) electrons. The number of benzene rings is 1. The third-order valence-electron chi connectivity index (χ3n) is 2.23. The van der Waals surface area contributed by atoms with Gasteiger partial charge in [-0.2, -0.15) is 5.10 Å². The fraction of sp³-hybridized carbons (Fsp3) is 0.0909. The van der Waals surface area contributed by atoms with Gasteiger partial charge >= 0.3 is 5.97 Å². The van der Waals surface area contributed by atoms with Crippen LogP contribution in [0.2, 0.25) is 0 Å². The number of halogens is 1. The molecule has 0 atom stereocenters. The highest BCUT2D eigenvalue weighted by molar-refractivity contribution is 14.1. The van der Waals surface area contributed by atoms with E-state index in [4.69, 9.17) is 5.11 Å². The third kappa shape index (κ3) is 2.08. The molecule has 0 aliphatic carbocycles. The van der Waals surface area contributed by atoms with Crippen molar-refractivity contribution >= 4 is 28.6 Å². The molecular weight excluding hydrogens is 319 g/mol. The molecule has 0 saturated heterocycles. The van der Waals surface area contributed by atoms with Gasteiger partial charge in [-0.05, 0) is 53.3 Å². The van der Waals surface area contributed by atoms with E-state index < -0.39 is 5.97 Å². The van der Waals surface area contributed by atoms with E-state index in [-0.39, 0.29) is 5.69 Å². The van der Waals surface area contributed by atoms with Crippen molar-refractivity contribution in [2.24, 2.45) is 0 Å². The van der Waals surface area contributed by atoms with Gasteiger partial charge in [0.05, 0.1) is 5.69 Å². The van der Waals surface area contributed by atoms with E-state index >= 15 is 0 Å². The van der Waals surface area contributed by atoms with E-state index in [2.05, 4.69) is 27.7 Å². The minimum atomic E-state index is -1.01. The van der Waals surface area contributed by atoms with Gasteiger partial charge in [0.15, 0.2) is 5.69 Å². The summed E-state index contributed by atoms with van der Waals surface area (Å²) in [5.41, 5.74) is 2.01. The average Bonchev–Trinajstić information content (AvgIpc) is 2.70. The fourth-order valence-electron chi connectivity index (χ4n) is 1.40. The zero-order valence-electron chi connectivity index (χ0n) is 8.51. The molecule has 16 heavy (non-hydrogen) atoms. The normalized spacial score (nSPS) is 10.4. The van der Waals surface area contributed by atoms with E-state index in [0.29, 0.717) is 0 Å². The quantitative estimate of drug-likeness (QED) is 0.862. The summed E-state index contributed by atoms with van der Waals surface area (Å²) in [6, 6.07) is 7.44. The van der Waals surface area contributed by atoms with Crippen LogP contribution in [-0.2, 0) is 0 Å². The molecule has 0 fully saturated rings. The van der Waals surface area contributed by atoms with Gasteiger partial charge in [0, 0.05) is 9.77 Å². The lowest BCUT2D eigenvalue weighted by atomic mass is 10.2. The number of rotatable bonds is 2. The Kier molecular flexibility index (Phi) is 2.95. The van der Waals surface area contributed by atoms with Crippen LogP contribution in [0.25, 0.3) is 5.69 Å². The molecule has 2 rings (SSSR count). The monoisotopic (exact) mass is 328 g/mol. The lowest BCUT2D eigenvalue weighted by molar-refractivity contribution is 0.0690. The summed E-state index contributed by atoms with van der Waals surface area (Å²) < 4.78 is 2.67. The molecule has 4 nitrogen and oxygen atoms in total. The van der Waals surface area contributed by atoms with E-state index in [9.17, 15) is 4.79 Å². The molecule has 0 unspecified atom stereocenters. The van der Waals surface area contributed by atoms with Crippen molar-refractivity contribution in [3.63, 3.8) is 0 Å². The first-order chi connectivity index (χ1) is 7.58. The lowest BCUT2D eigenvalue weighted by Gasteiger charge is -2.05. The summed E-state index contributed by atoms with van der Waals surface area (Å²) in [4.78, 5) is 10.7. The maximum Gasteiger partial charge on any atom is 0.356 e. The van der Waals surface area contributed by atoms with Crippen LogP contribution in [0, 0.1) is 10.5 Å². The van der Waals surface area contributed by atoms with Gasteiger partial charge in [-0.3, -0.25) is 0 Å². The number of hydrogen-bond donors (Lipinski definition) is 1. The Balaban J connectivity index is 2.50. The summed E-state index contributed by atoms with van der Waals surface area (Å²) in [5.74, 6) is -1.01. The number of aryl methyl sites for hydroxylation is 1. The Labute approximate surface area is 106 Å². The molecule has 0 aliphatic rings. The maximum atomic E-state index is 10.7. The number of nitrogens with zero attached hydrogens (tertiary/aromatic N) is 2. The molecule has 1 aromatic carbocycles. The van der Waals surface area contributed by atoms with Crippen molar-refractivity contribution in [2.75, 3.05) is 0 Å². The minimum Gasteiger partial charge on any atom is -0.476 e. The van der Waals surface area contributed by atoms with Gasteiger partial charge in [0.25, 0.3) is 0 Å². The SMILES string of the molecule is Cc1ccc(I)cc1-n1ccc(C(=O)O)n1. The third-order valence-corrected chi connectivity index (χ3v) is 2.90. The van der Waals surface area contributed by atoms with Crippen LogP contribution < -0.4 is 0 Å². The summed E-state index contributed by atoms with van der Waals surface area (Å²) in [6.45, 7) is 1.97. The van der Waals surface area contributed by atoms with Gasteiger partial charge in [0.1, 0.15) is 0 Å². The highest BCUT2D eigenvalue weighted by atomic mass is 127. The Bertz CT molecular complexity index is 549. The molecule has 1 heterocycles. The smallest absolute Gasteiger partial charge is 0.356 e. The van der Waals surface area contributed by atoms with Crippen LogP contribution in [0.3, 0.4) is 0 Å². The molecule has 0 spiro atoms. The van der Waals surface area contributed by atoms with Gasteiger partial charge in [0.2, 0.25) is 0 Å². The first-order valence-corrected chi connectivity index (χ1v) is 5.71. The molecule has 0 bridgehead atoms. The summed E-state index contributed by atoms with van der Waals surface area (Å²) in [6.07, 6.45) is 1.65. The second-order valence-electron chi connectivity index (χ2n) is 3.38. The van der Waals surface area contributed by atoms with Gasteiger partial charge in [-0.1, -0.05) is 6.07 Å². The van der Waals surface area contributed by atoms with Crippen LogP contribution in [0.5, 0.6) is 0 Å². The number of carboxylic acids is 1. The maximum absolute atomic E-state index is 10.7. The first kappa shape index (κ1) is 11.1. The molecular formula is C11H9IN2O2. The molecule has 1 aromatic heterocycles. The second kappa shape index (κ2) is 4.25. The highest BCUT2D eigenvalue weighted by Gasteiger charge is 2.09. The zero-order chi connectivity index (χ0) is 11.7. The standard InChI is InChI=1S/C11H9IN2O2/c1-7-2-3-8(12)6-10(7)14-5-4-9(13-14)11(15)16/h2-6H,1H3,(H,15,16). The number of hydrogen-bond acceptors (Lipinski definition) is 2. The van der Waals surface area contributed by atoms with Crippen molar-refractivity contribution in [1.82, 2.24) is 9.78 Å². The number of carbonyl (C=O) groups is 1. The van der Waals surface area contributed by atoms with Gasteiger partial charge < -0.3 is 5.11 Å². The van der Waals surface area contributed by atoms with Crippen LogP contribution in [0.1, 0.15) is 16.1 Å². The molecule has 5 heteroatoms. The summed E-state index contributed by atoms with van der Waals surface area (Å²) >= 11 is 2.21. The van der Waals surface area contributed by atoms with E-state index in [0.717, 1.165) is 14.8 Å². The minimum absolute atomic E-state index is 0.0539. The van der Waals surface area contributed by atoms with E-state index in [1.165, 1.54) is 6.07 Å². The van der Waals surface area contributed by atoms with Crippen LogP contribution >= 0.6 is 22.6 Å². The van der Waals surface area contributed by atoms with Gasteiger partial charge in [-0.15, -0.1) is 0 Å². The molecule has 1 N–H and O–H groups in total. The Morgan fingerprint density at radius 3 is 2.81 bits per heavy atom. The molecule has 82 valence electrons.